The number of esters is 1. The van der Waals surface area contributed by atoms with Gasteiger partial charge in [0.15, 0.2) is 5.11 Å². The first-order valence-electron chi connectivity index (χ1n) is 11.3. The molecule has 182 valence electrons. The minimum Gasteiger partial charge on any atom is -0.491 e. The standard InChI is InChI=1S/C23H33N3O6S/c1-3-5-6-13-32-20(27)16-19-22(29)24-11-12-26(19)23(33)25-21(28)17-7-9-18(10-8-17)31-15-14-30-4-2/h7-10,19H,3-6,11-16H2,1-2H3,(H,24,29)(H,25,28,33). The van der Waals surface area contributed by atoms with Crippen LogP contribution in [-0.2, 0) is 19.1 Å². The number of unbranched alkanes of at least 4 members (excludes halogenated alkanes) is 2. The zero-order valence-electron chi connectivity index (χ0n) is 19.3. The number of benzene rings is 1. The molecule has 1 aliphatic rings. The molecule has 0 aliphatic carbocycles. The van der Waals surface area contributed by atoms with Crippen LogP contribution in [0.2, 0.25) is 0 Å². The van der Waals surface area contributed by atoms with Crippen molar-refractivity contribution < 1.29 is 28.6 Å². The molecule has 1 unspecified atom stereocenters. The Kier molecular flexibility index (Phi) is 11.6. The largest absolute Gasteiger partial charge is 0.491 e. The number of hydrogen-bond donors (Lipinski definition) is 2. The van der Waals surface area contributed by atoms with E-state index in [1.165, 1.54) is 0 Å². The fourth-order valence-electron chi connectivity index (χ4n) is 3.22. The van der Waals surface area contributed by atoms with Crippen LogP contribution < -0.4 is 15.4 Å². The third kappa shape index (κ3) is 8.97. The van der Waals surface area contributed by atoms with Gasteiger partial charge in [0.1, 0.15) is 18.4 Å². The van der Waals surface area contributed by atoms with Crippen LogP contribution in [0.4, 0.5) is 0 Å². The average Bonchev–Trinajstić information content (AvgIpc) is 2.81. The summed E-state index contributed by atoms with van der Waals surface area (Å²) in [6, 6.07) is 5.81. The predicted octanol–water partition coefficient (Wildman–Crippen LogP) is 2.04. The van der Waals surface area contributed by atoms with Gasteiger partial charge in [0.05, 0.1) is 19.6 Å². The Bertz CT molecular complexity index is 802. The van der Waals surface area contributed by atoms with Crippen molar-refractivity contribution in [1.29, 1.82) is 0 Å². The molecule has 0 aromatic heterocycles. The molecule has 1 aromatic rings. The van der Waals surface area contributed by atoms with Crippen LogP contribution in [-0.4, -0.2) is 73.4 Å². The molecule has 0 bridgehead atoms. The SMILES string of the molecule is CCCCCOC(=O)CC1C(=O)NCCN1C(=S)NC(=O)c1ccc(OCCOCC)cc1. The van der Waals surface area contributed by atoms with Crippen LogP contribution in [0.5, 0.6) is 5.75 Å². The molecule has 2 amide bonds. The van der Waals surface area contributed by atoms with Crippen LogP contribution in [0.15, 0.2) is 24.3 Å². The lowest BCUT2D eigenvalue weighted by Crippen LogP contribution is -2.60. The Morgan fingerprint density at radius 2 is 1.91 bits per heavy atom. The second-order valence-corrected chi connectivity index (χ2v) is 7.85. The molecule has 9 nitrogen and oxygen atoms in total. The van der Waals surface area contributed by atoms with Gasteiger partial charge >= 0.3 is 5.97 Å². The summed E-state index contributed by atoms with van der Waals surface area (Å²) < 4.78 is 16.0. The summed E-state index contributed by atoms with van der Waals surface area (Å²) in [6.45, 7) is 6.59. The summed E-state index contributed by atoms with van der Waals surface area (Å²) in [6.07, 6.45) is 2.64. The molecule has 33 heavy (non-hydrogen) atoms. The van der Waals surface area contributed by atoms with Crippen molar-refractivity contribution in [2.45, 2.75) is 45.6 Å². The number of carbonyl (C=O) groups excluding carboxylic acids is 3. The lowest BCUT2D eigenvalue weighted by Gasteiger charge is -2.36. The molecule has 1 aliphatic heterocycles. The van der Waals surface area contributed by atoms with Gasteiger partial charge in [0, 0.05) is 25.3 Å². The molecule has 10 heteroatoms. The van der Waals surface area contributed by atoms with E-state index in [-0.39, 0.29) is 17.4 Å². The molecule has 1 saturated heterocycles. The van der Waals surface area contributed by atoms with Gasteiger partial charge < -0.3 is 24.4 Å². The smallest absolute Gasteiger partial charge is 0.308 e. The van der Waals surface area contributed by atoms with Gasteiger partial charge in [-0.05, 0) is 49.8 Å². The van der Waals surface area contributed by atoms with E-state index in [2.05, 4.69) is 17.6 Å². The van der Waals surface area contributed by atoms with E-state index in [1.54, 1.807) is 29.2 Å². The quantitative estimate of drug-likeness (QED) is 0.267. The predicted molar refractivity (Wildman–Crippen MR) is 127 cm³/mol. The molecule has 0 radical (unpaired) electrons. The van der Waals surface area contributed by atoms with Crippen molar-refractivity contribution in [2.75, 3.05) is 39.5 Å². The van der Waals surface area contributed by atoms with Crippen molar-refractivity contribution in [3.63, 3.8) is 0 Å². The highest BCUT2D eigenvalue weighted by atomic mass is 32.1. The molecule has 2 N–H and O–H groups in total. The summed E-state index contributed by atoms with van der Waals surface area (Å²) in [7, 11) is 0. The Balaban J connectivity index is 1.90. The van der Waals surface area contributed by atoms with Crippen molar-refractivity contribution in [2.24, 2.45) is 0 Å². The zero-order valence-corrected chi connectivity index (χ0v) is 20.1. The maximum absolute atomic E-state index is 12.6. The van der Waals surface area contributed by atoms with E-state index in [0.29, 0.717) is 50.8 Å². The molecule has 0 saturated carbocycles. The lowest BCUT2D eigenvalue weighted by atomic mass is 10.1. The van der Waals surface area contributed by atoms with E-state index in [0.717, 1.165) is 19.3 Å². The summed E-state index contributed by atoms with van der Waals surface area (Å²) in [5.41, 5.74) is 0.392. The van der Waals surface area contributed by atoms with Crippen LogP contribution in [0.3, 0.4) is 0 Å². The summed E-state index contributed by atoms with van der Waals surface area (Å²) in [4.78, 5) is 38.8. The molecule has 1 heterocycles. The van der Waals surface area contributed by atoms with Gasteiger partial charge in [0.25, 0.3) is 5.91 Å². The van der Waals surface area contributed by atoms with Crippen LogP contribution in [0, 0.1) is 0 Å². The third-order valence-corrected chi connectivity index (χ3v) is 5.34. The third-order valence-electron chi connectivity index (χ3n) is 5.00. The lowest BCUT2D eigenvalue weighted by molar-refractivity contribution is -0.147. The Hall–Kier alpha value is -2.72. The van der Waals surface area contributed by atoms with Gasteiger partial charge in [-0.3, -0.25) is 19.7 Å². The number of carbonyl (C=O) groups is 3. The van der Waals surface area contributed by atoms with Gasteiger partial charge in [-0.2, -0.15) is 0 Å². The highest BCUT2D eigenvalue weighted by Gasteiger charge is 2.34. The highest BCUT2D eigenvalue weighted by molar-refractivity contribution is 7.80. The topological polar surface area (TPSA) is 106 Å². The monoisotopic (exact) mass is 479 g/mol. The number of nitrogens with zero attached hydrogens (tertiary/aromatic N) is 1. The number of piperazine rings is 1. The molecular formula is C23H33N3O6S. The van der Waals surface area contributed by atoms with Gasteiger partial charge in [-0.25, -0.2) is 0 Å². The van der Waals surface area contributed by atoms with Crippen LogP contribution in [0.1, 0.15) is 49.9 Å². The molecule has 2 rings (SSSR count). The number of ether oxygens (including phenoxy) is 3. The molecule has 1 aromatic carbocycles. The Morgan fingerprint density at radius 1 is 1.15 bits per heavy atom. The van der Waals surface area contributed by atoms with Crippen molar-refractivity contribution in [1.82, 2.24) is 15.5 Å². The molecular weight excluding hydrogens is 446 g/mol. The van der Waals surface area contributed by atoms with Gasteiger partial charge in [0.2, 0.25) is 5.91 Å². The summed E-state index contributed by atoms with van der Waals surface area (Å²) in [5.74, 6) is -0.573. The molecule has 1 atom stereocenters. The van der Waals surface area contributed by atoms with Crippen LogP contribution >= 0.6 is 12.2 Å². The van der Waals surface area contributed by atoms with E-state index >= 15 is 0 Å². The second-order valence-electron chi connectivity index (χ2n) is 7.46. The van der Waals surface area contributed by atoms with E-state index in [1.807, 2.05) is 6.92 Å². The summed E-state index contributed by atoms with van der Waals surface area (Å²) >= 11 is 5.39. The molecule has 0 spiro atoms. The van der Waals surface area contributed by atoms with E-state index in [4.69, 9.17) is 26.4 Å². The minimum atomic E-state index is -0.827. The Labute approximate surface area is 200 Å². The second kappa shape index (κ2) is 14.4. The molecule has 1 fully saturated rings. The van der Waals surface area contributed by atoms with Crippen molar-refractivity contribution >= 4 is 35.1 Å². The number of amides is 2. The first-order chi connectivity index (χ1) is 16.0. The number of rotatable bonds is 12. The van der Waals surface area contributed by atoms with Crippen LogP contribution in [0.25, 0.3) is 0 Å². The maximum Gasteiger partial charge on any atom is 0.308 e. The van der Waals surface area contributed by atoms with Gasteiger partial charge in [-0.1, -0.05) is 19.8 Å². The van der Waals surface area contributed by atoms with E-state index in [9.17, 15) is 14.4 Å². The maximum atomic E-state index is 12.6. The van der Waals surface area contributed by atoms with E-state index < -0.39 is 17.9 Å². The first kappa shape index (κ1) is 26.5. The number of nitrogens with one attached hydrogen (secondary N) is 2. The average molecular weight is 480 g/mol. The van der Waals surface area contributed by atoms with Crippen molar-refractivity contribution in [3.05, 3.63) is 29.8 Å². The summed E-state index contributed by atoms with van der Waals surface area (Å²) in [5, 5.41) is 5.48. The normalized spacial score (nSPS) is 15.5. The Morgan fingerprint density at radius 3 is 2.61 bits per heavy atom. The number of thiocarbonyl (C=S) groups is 1. The first-order valence-corrected chi connectivity index (χ1v) is 11.7. The van der Waals surface area contributed by atoms with Crippen molar-refractivity contribution in [3.8, 4) is 5.75 Å². The van der Waals surface area contributed by atoms with Gasteiger partial charge in [-0.15, -0.1) is 0 Å². The fraction of sp³-hybridized carbons (Fsp3) is 0.565. The number of hydrogen-bond acceptors (Lipinski definition) is 7. The highest BCUT2D eigenvalue weighted by Crippen LogP contribution is 2.14. The minimum absolute atomic E-state index is 0.0932. The zero-order chi connectivity index (χ0) is 24.1. The fourth-order valence-corrected chi connectivity index (χ4v) is 3.53.